The molecule has 1 N–H and O–H groups in total. The predicted molar refractivity (Wildman–Crippen MR) is 65.1 cm³/mol. The molecule has 2 saturated heterocycles. The first-order valence-corrected chi connectivity index (χ1v) is 6.72. The van der Waals surface area contributed by atoms with Gasteiger partial charge in [-0.15, -0.1) is 0 Å². The number of nitrogens with zero attached hydrogens (tertiary/aromatic N) is 1. The van der Waals surface area contributed by atoms with Gasteiger partial charge in [-0.25, -0.2) is 0 Å². The molecule has 0 saturated carbocycles. The molecule has 2 aliphatic heterocycles. The molecule has 2 unspecified atom stereocenters. The Morgan fingerprint density at radius 2 is 2.25 bits per heavy atom. The van der Waals surface area contributed by atoms with Crippen molar-refractivity contribution in [1.82, 2.24) is 10.2 Å². The monoisotopic (exact) mass is 224 g/mol. The molecule has 16 heavy (non-hydrogen) atoms. The molecule has 0 aliphatic carbocycles. The fourth-order valence-corrected chi connectivity index (χ4v) is 2.83. The maximum Gasteiger partial charge on any atom is 0.225 e. The van der Waals surface area contributed by atoms with Gasteiger partial charge in [0.2, 0.25) is 5.91 Å². The van der Waals surface area contributed by atoms with E-state index in [1.807, 2.05) is 0 Å². The van der Waals surface area contributed by atoms with Gasteiger partial charge in [-0.1, -0.05) is 20.3 Å². The summed E-state index contributed by atoms with van der Waals surface area (Å²) in [7, 11) is 0. The van der Waals surface area contributed by atoms with Crippen LogP contribution in [0.5, 0.6) is 0 Å². The highest BCUT2D eigenvalue weighted by atomic mass is 16.2. The number of likely N-dealkylation sites (tertiary alicyclic amines) is 1. The van der Waals surface area contributed by atoms with Crippen molar-refractivity contribution in [3.63, 3.8) is 0 Å². The van der Waals surface area contributed by atoms with Crippen LogP contribution in [0.3, 0.4) is 0 Å². The highest BCUT2D eigenvalue weighted by Crippen LogP contribution is 2.25. The van der Waals surface area contributed by atoms with Crippen molar-refractivity contribution in [2.45, 2.75) is 33.1 Å². The summed E-state index contributed by atoms with van der Waals surface area (Å²) in [5, 5.41) is 3.25. The molecule has 0 bridgehead atoms. The van der Waals surface area contributed by atoms with E-state index in [0.29, 0.717) is 11.8 Å². The van der Waals surface area contributed by atoms with Crippen LogP contribution in [0.1, 0.15) is 33.1 Å². The standard InChI is InChI=1S/C13H24N2O/c1-3-4-11-5-6-15(9-11)13(16)10(2)12-7-14-8-12/h10-12,14H,3-9H2,1-2H3. The number of hydrogen-bond donors (Lipinski definition) is 1. The van der Waals surface area contributed by atoms with E-state index in [4.69, 9.17) is 0 Å². The van der Waals surface area contributed by atoms with E-state index in [0.717, 1.165) is 32.1 Å². The first-order valence-electron chi connectivity index (χ1n) is 6.72. The van der Waals surface area contributed by atoms with Crippen molar-refractivity contribution >= 4 is 5.91 Å². The molecule has 3 nitrogen and oxygen atoms in total. The van der Waals surface area contributed by atoms with Gasteiger partial charge in [0.1, 0.15) is 0 Å². The average Bonchev–Trinajstić information content (AvgIpc) is 2.63. The van der Waals surface area contributed by atoms with Gasteiger partial charge in [0.25, 0.3) is 0 Å². The maximum atomic E-state index is 12.2. The van der Waals surface area contributed by atoms with Gasteiger partial charge in [0.05, 0.1) is 0 Å². The number of hydrogen-bond acceptors (Lipinski definition) is 2. The highest BCUT2D eigenvalue weighted by molar-refractivity contribution is 5.79. The van der Waals surface area contributed by atoms with Crippen LogP contribution in [0.25, 0.3) is 0 Å². The van der Waals surface area contributed by atoms with Gasteiger partial charge >= 0.3 is 0 Å². The van der Waals surface area contributed by atoms with E-state index in [9.17, 15) is 4.79 Å². The van der Waals surface area contributed by atoms with E-state index >= 15 is 0 Å². The lowest BCUT2D eigenvalue weighted by Crippen LogP contribution is -2.50. The summed E-state index contributed by atoms with van der Waals surface area (Å²) in [6.45, 7) is 8.39. The van der Waals surface area contributed by atoms with E-state index in [-0.39, 0.29) is 5.92 Å². The lowest BCUT2D eigenvalue weighted by Gasteiger charge is -2.34. The molecular weight excluding hydrogens is 200 g/mol. The molecule has 2 heterocycles. The quantitative estimate of drug-likeness (QED) is 0.784. The summed E-state index contributed by atoms with van der Waals surface area (Å²) in [4.78, 5) is 14.3. The van der Waals surface area contributed by atoms with Crippen molar-refractivity contribution in [2.24, 2.45) is 17.8 Å². The lowest BCUT2D eigenvalue weighted by molar-refractivity contribution is -0.136. The summed E-state index contributed by atoms with van der Waals surface area (Å²) >= 11 is 0. The fourth-order valence-electron chi connectivity index (χ4n) is 2.83. The van der Waals surface area contributed by atoms with Gasteiger partial charge in [-0.2, -0.15) is 0 Å². The highest BCUT2D eigenvalue weighted by Gasteiger charge is 2.34. The molecule has 0 spiro atoms. The SMILES string of the molecule is CCCC1CCN(C(=O)C(C)C2CNC2)C1. The first kappa shape index (κ1) is 11.9. The molecule has 0 aromatic heterocycles. The Balaban J connectivity index is 1.81. The zero-order chi connectivity index (χ0) is 11.5. The van der Waals surface area contributed by atoms with Crippen LogP contribution >= 0.6 is 0 Å². The number of carbonyl (C=O) groups is 1. The molecule has 92 valence electrons. The van der Waals surface area contributed by atoms with Crippen LogP contribution in [-0.4, -0.2) is 37.0 Å². The van der Waals surface area contributed by atoms with Gasteiger partial charge in [0.15, 0.2) is 0 Å². The minimum atomic E-state index is 0.224. The molecule has 1 amide bonds. The molecule has 2 atom stereocenters. The Morgan fingerprint density at radius 3 is 2.81 bits per heavy atom. The van der Waals surface area contributed by atoms with Crippen LogP contribution < -0.4 is 5.32 Å². The third-order valence-corrected chi connectivity index (χ3v) is 4.20. The summed E-state index contributed by atoms with van der Waals surface area (Å²) in [5.41, 5.74) is 0. The van der Waals surface area contributed by atoms with E-state index in [1.165, 1.54) is 19.3 Å². The topological polar surface area (TPSA) is 32.3 Å². The van der Waals surface area contributed by atoms with Crippen molar-refractivity contribution < 1.29 is 4.79 Å². The minimum absolute atomic E-state index is 0.224. The second kappa shape index (κ2) is 5.17. The number of rotatable bonds is 4. The summed E-state index contributed by atoms with van der Waals surface area (Å²) in [6, 6.07) is 0. The molecule has 2 fully saturated rings. The third-order valence-electron chi connectivity index (χ3n) is 4.20. The van der Waals surface area contributed by atoms with Gasteiger partial charge in [-0.3, -0.25) is 4.79 Å². The van der Waals surface area contributed by atoms with Crippen molar-refractivity contribution in [2.75, 3.05) is 26.2 Å². The predicted octanol–water partition coefficient (Wildman–Crippen LogP) is 1.49. The van der Waals surface area contributed by atoms with Crippen LogP contribution in [-0.2, 0) is 4.79 Å². The number of amides is 1. The first-order chi connectivity index (χ1) is 7.72. The van der Waals surface area contributed by atoms with Crippen molar-refractivity contribution in [3.05, 3.63) is 0 Å². The maximum absolute atomic E-state index is 12.2. The molecular formula is C13H24N2O. The van der Waals surface area contributed by atoms with Crippen LogP contribution in [0, 0.1) is 17.8 Å². The largest absolute Gasteiger partial charge is 0.342 e. The van der Waals surface area contributed by atoms with Crippen LogP contribution in [0.4, 0.5) is 0 Å². The Hall–Kier alpha value is -0.570. The molecule has 0 aromatic rings. The molecule has 2 rings (SSSR count). The Labute approximate surface area is 98.6 Å². The lowest BCUT2D eigenvalue weighted by atomic mass is 9.88. The second-order valence-corrected chi connectivity index (χ2v) is 5.43. The van der Waals surface area contributed by atoms with Crippen molar-refractivity contribution in [1.29, 1.82) is 0 Å². The average molecular weight is 224 g/mol. The summed E-state index contributed by atoms with van der Waals surface area (Å²) in [6.07, 6.45) is 3.74. The Morgan fingerprint density at radius 1 is 1.50 bits per heavy atom. The zero-order valence-corrected chi connectivity index (χ0v) is 10.5. The van der Waals surface area contributed by atoms with Gasteiger partial charge in [0, 0.05) is 19.0 Å². The van der Waals surface area contributed by atoms with E-state index in [2.05, 4.69) is 24.1 Å². The number of carbonyl (C=O) groups excluding carboxylic acids is 1. The van der Waals surface area contributed by atoms with Gasteiger partial charge < -0.3 is 10.2 Å². The second-order valence-electron chi connectivity index (χ2n) is 5.43. The Bertz CT molecular complexity index is 250. The van der Waals surface area contributed by atoms with E-state index in [1.54, 1.807) is 0 Å². The van der Waals surface area contributed by atoms with E-state index < -0.39 is 0 Å². The fraction of sp³-hybridized carbons (Fsp3) is 0.923. The Kier molecular flexibility index (Phi) is 3.85. The van der Waals surface area contributed by atoms with Gasteiger partial charge in [-0.05, 0) is 37.8 Å². The zero-order valence-electron chi connectivity index (χ0n) is 10.5. The van der Waals surface area contributed by atoms with Crippen molar-refractivity contribution in [3.8, 4) is 0 Å². The normalized spacial score (nSPS) is 27.9. The molecule has 0 aromatic carbocycles. The summed E-state index contributed by atoms with van der Waals surface area (Å²) < 4.78 is 0. The molecule has 0 radical (unpaired) electrons. The van der Waals surface area contributed by atoms with Crippen LogP contribution in [0.15, 0.2) is 0 Å². The minimum Gasteiger partial charge on any atom is -0.342 e. The molecule has 3 heteroatoms. The molecule has 2 aliphatic rings. The smallest absolute Gasteiger partial charge is 0.225 e. The van der Waals surface area contributed by atoms with Crippen LogP contribution in [0.2, 0.25) is 0 Å². The number of nitrogens with one attached hydrogen (secondary N) is 1. The summed E-state index contributed by atoms with van der Waals surface area (Å²) in [5.74, 6) is 1.96. The third kappa shape index (κ3) is 2.40.